The Hall–Kier alpha value is -2.37. The number of aromatic nitrogens is 1. The summed E-state index contributed by atoms with van der Waals surface area (Å²) in [5, 5.41) is 6.38. The highest BCUT2D eigenvalue weighted by Crippen LogP contribution is 2.31. The summed E-state index contributed by atoms with van der Waals surface area (Å²) in [6.45, 7) is 3.83. The molecular formula is C19H17ClN2O2S. The van der Waals surface area contributed by atoms with E-state index in [4.69, 9.17) is 16.3 Å². The molecule has 0 fully saturated rings. The van der Waals surface area contributed by atoms with Gasteiger partial charge >= 0.3 is 0 Å². The molecule has 6 heteroatoms. The molecule has 1 heterocycles. The molecule has 25 heavy (non-hydrogen) atoms. The first-order valence-electron chi connectivity index (χ1n) is 7.66. The Labute approximate surface area is 155 Å². The monoisotopic (exact) mass is 372 g/mol. The third kappa shape index (κ3) is 3.83. The van der Waals surface area contributed by atoms with Gasteiger partial charge in [0, 0.05) is 22.2 Å². The van der Waals surface area contributed by atoms with Crippen molar-refractivity contribution in [1.82, 2.24) is 4.98 Å². The van der Waals surface area contributed by atoms with E-state index < -0.39 is 0 Å². The molecule has 0 saturated carbocycles. The molecule has 1 aromatic heterocycles. The Morgan fingerprint density at radius 2 is 2.00 bits per heavy atom. The molecule has 0 bridgehead atoms. The first-order chi connectivity index (χ1) is 12.0. The minimum atomic E-state index is -0.187. The third-order valence-corrected chi connectivity index (χ3v) is 4.89. The number of hydrogen-bond acceptors (Lipinski definition) is 4. The van der Waals surface area contributed by atoms with Crippen LogP contribution in [0.5, 0.6) is 5.75 Å². The van der Waals surface area contributed by atoms with Crippen molar-refractivity contribution < 1.29 is 9.53 Å². The van der Waals surface area contributed by atoms with Crippen LogP contribution in [0.4, 0.5) is 5.69 Å². The average molecular weight is 373 g/mol. The number of halogens is 1. The second-order valence-corrected chi connectivity index (χ2v) is 7.05. The second kappa shape index (κ2) is 7.25. The number of carbonyl (C=O) groups excluding carboxylic acids is 1. The Kier molecular flexibility index (Phi) is 5.06. The minimum absolute atomic E-state index is 0.187. The Morgan fingerprint density at radius 1 is 1.20 bits per heavy atom. The van der Waals surface area contributed by atoms with E-state index in [-0.39, 0.29) is 5.91 Å². The molecule has 0 aliphatic carbocycles. The first kappa shape index (κ1) is 17.5. The predicted octanol–water partition coefficient (Wildman–Crippen LogP) is 5.34. The van der Waals surface area contributed by atoms with Crippen LogP contribution in [0.1, 0.15) is 20.9 Å². The van der Waals surface area contributed by atoms with Crippen LogP contribution in [0.15, 0.2) is 41.8 Å². The highest BCUT2D eigenvalue weighted by molar-refractivity contribution is 7.09. The molecule has 1 amide bonds. The van der Waals surface area contributed by atoms with Gasteiger partial charge in [-0.1, -0.05) is 11.6 Å². The summed E-state index contributed by atoms with van der Waals surface area (Å²) in [7, 11) is 1.60. The van der Waals surface area contributed by atoms with Crippen LogP contribution in [0, 0.1) is 13.8 Å². The smallest absolute Gasteiger partial charge is 0.255 e. The highest BCUT2D eigenvalue weighted by Gasteiger charge is 2.12. The zero-order chi connectivity index (χ0) is 18.0. The quantitative estimate of drug-likeness (QED) is 0.672. The minimum Gasteiger partial charge on any atom is -0.497 e. The van der Waals surface area contributed by atoms with E-state index >= 15 is 0 Å². The van der Waals surface area contributed by atoms with Gasteiger partial charge in [0.2, 0.25) is 0 Å². The molecule has 2 aromatic carbocycles. The largest absolute Gasteiger partial charge is 0.497 e. The molecule has 4 nitrogen and oxygen atoms in total. The van der Waals surface area contributed by atoms with Crippen LogP contribution in [-0.2, 0) is 0 Å². The van der Waals surface area contributed by atoms with Crippen LogP contribution in [0.3, 0.4) is 0 Å². The van der Waals surface area contributed by atoms with E-state index in [0.717, 1.165) is 27.6 Å². The van der Waals surface area contributed by atoms with Gasteiger partial charge in [-0.3, -0.25) is 4.79 Å². The van der Waals surface area contributed by atoms with Crippen molar-refractivity contribution in [3.8, 4) is 17.0 Å². The fourth-order valence-electron chi connectivity index (χ4n) is 2.50. The van der Waals surface area contributed by atoms with Crippen LogP contribution in [-0.4, -0.2) is 18.0 Å². The zero-order valence-electron chi connectivity index (χ0n) is 14.1. The Balaban J connectivity index is 1.81. The second-order valence-electron chi connectivity index (χ2n) is 5.58. The van der Waals surface area contributed by atoms with Gasteiger partial charge < -0.3 is 10.1 Å². The topological polar surface area (TPSA) is 51.2 Å². The summed E-state index contributed by atoms with van der Waals surface area (Å²) >= 11 is 7.95. The molecule has 0 spiro atoms. The summed E-state index contributed by atoms with van der Waals surface area (Å²) in [4.78, 5) is 16.9. The molecule has 0 saturated heterocycles. The molecule has 3 rings (SSSR count). The van der Waals surface area contributed by atoms with Gasteiger partial charge in [-0.25, -0.2) is 4.98 Å². The SMILES string of the molecule is COc1ccc(C(=O)Nc2ccc(-c3csc(C)n3)c(Cl)c2)c(C)c1. The number of benzene rings is 2. The Bertz CT molecular complexity index is 937. The molecule has 3 aromatic rings. The lowest BCUT2D eigenvalue weighted by Crippen LogP contribution is -2.13. The van der Waals surface area contributed by atoms with Gasteiger partial charge in [0.05, 0.1) is 22.8 Å². The molecule has 128 valence electrons. The number of thiazole rings is 1. The molecule has 0 aliphatic rings. The normalized spacial score (nSPS) is 10.6. The fourth-order valence-corrected chi connectivity index (χ4v) is 3.39. The van der Waals surface area contributed by atoms with E-state index in [1.165, 1.54) is 0 Å². The van der Waals surface area contributed by atoms with Gasteiger partial charge in [-0.2, -0.15) is 0 Å². The summed E-state index contributed by atoms with van der Waals surface area (Å²) in [5.74, 6) is 0.536. The molecule has 0 aliphatic heterocycles. The number of rotatable bonds is 4. The molecule has 0 radical (unpaired) electrons. The number of carbonyl (C=O) groups is 1. The first-order valence-corrected chi connectivity index (χ1v) is 8.91. The third-order valence-electron chi connectivity index (χ3n) is 3.80. The number of nitrogens with one attached hydrogen (secondary N) is 1. The Morgan fingerprint density at radius 3 is 2.60 bits per heavy atom. The number of anilines is 1. The number of hydrogen-bond donors (Lipinski definition) is 1. The van der Waals surface area contributed by atoms with Crippen molar-refractivity contribution in [3.63, 3.8) is 0 Å². The van der Waals surface area contributed by atoms with Crippen LogP contribution < -0.4 is 10.1 Å². The zero-order valence-corrected chi connectivity index (χ0v) is 15.7. The number of aryl methyl sites for hydroxylation is 2. The lowest BCUT2D eigenvalue weighted by Gasteiger charge is -2.10. The molecule has 0 unspecified atom stereocenters. The molecule has 1 N–H and O–H groups in total. The lowest BCUT2D eigenvalue weighted by atomic mass is 10.1. The molecular weight excluding hydrogens is 356 g/mol. The number of methoxy groups -OCH3 is 1. The van der Waals surface area contributed by atoms with Gasteiger partial charge in [-0.05, 0) is 55.8 Å². The van der Waals surface area contributed by atoms with E-state index in [0.29, 0.717) is 16.3 Å². The van der Waals surface area contributed by atoms with Crippen molar-refractivity contribution in [3.05, 3.63) is 62.9 Å². The van der Waals surface area contributed by atoms with Crippen LogP contribution in [0.25, 0.3) is 11.3 Å². The lowest BCUT2D eigenvalue weighted by molar-refractivity contribution is 0.102. The molecule has 0 atom stereocenters. The van der Waals surface area contributed by atoms with Gasteiger partial charge in [0.25, 0.3) is 5.91 Å². The van der Waals surface area contributed by atoms with Crippen molar-refractivity contribution in [2.24, 2.45) is 0 Å². The summed E-state index contributed by atoms with van der Waals surface area (Å²) in [6, 6.07) is 10.8. The standard InChI is InChI=1S/C19H17ClN2O2S/c1-11-8-14(24-3)5-7-15(11)19(23)22-13-4-6-16(17(20)9-13)18-10-25-12(2)21-18/h4-10H,1-3H3,(H,22,23). The maximum atomic E-state index is 12.5. The highest BCUT2D eigenvalue weighted by atomic mass is 35.5. The maximum absolute atomic E-state index is 12.5. The predicted molar refractivity (Wildman–Crippen MR) is 103 cm³/mol. The van der Waals surface area contributed by atoms with Crippen molar-refractivity contribution >= 4 is 34.5 Å². The van der Waals surface area contributed by atoms with Gasteiger partial charge in [-0.15, -0.1) is 11.3 Å². The van der Waals surface area contributed by atoms with Gasteiger partial charge in [0.1, 0.15) is 5.75 Å². The fraction of sp³-hybridized carbons (Fsp3) is 0.158. The van der Waals surface area contributed by atoms with E-state index in [1.54, 1.807) is 36.6 Å². The van der Waals surface area contributed by atoms with Crippen molar-refractivity contribution in [1.29, 1.82) is 0 Å². The van der Waals surface area contributed by atoms with E-state index in [2.05, 4.69) is 10.3 Å². The van der Waals surface area contributed by atoms with Gasteiger partial charge in [0.15, 0.2) is 0 Å². The van der Waals surface area contributed by atoms with E-state index in [9.17, 15) is 4.79 Å². The number of ether oxygens (including phenoxy) is 1. The summed E-state index contributed by atoms with van der Waals surface area (Å²) in [5.41, 5.74) is 3.77. The summed E-state index contributed by atoms with van der Waals surface area (Å²) in [6.07, 6.45) is 0. The van der Waals surface area contributed by atoms with E-state index in [1.807, 2.05) is 37.4 Å². The van der Waals surface area contributed by atoms with Crippen molar-refractivity contribution in [2.45, 2.75) is 13.8 Å². The maximum Gasteiger partial charge on any atom is 0.255 e. The summed E-state index contributed by atoms with van der Waals surface area (Å²) < 4.78 is 5.17. The van der Waals surface area contributed by atoms with Crippen molar-refractivity contribution in [2.75, 3.05) is 12.4 Å². The number of nitrogens with zero attached hydrogens (tertiary/aromatic N) is 1. The number of amides is 1. The van der Waals surface area contributed by atoms with Crippen LogP contribution in [0.2, 0.25) is 5.02 Å². The average Bonchev–Trinajstić information content (AvgIpc) is 3.00. The van der Waals surface area contributed by atoms with Crippen LogP contribution >= 0.6 is 22.9 Å².